The molecule has 4 aromatic rings. The molecule has 1 saturated heterocycles. The van der Waals surface area contributed by atoms with E-state index in [1.54, 1.807) is 7.11 Å². The van der Waals surface area contributed by atoms with Gasteiger partial charge in [-0.05, 0) is 38.1 Å². The van der Waals surface area contributed by atoms with Gasteiger partial charge in [-0.25, -0.2) is 9.97 Å². The number of imidazole rings is 1. The normalized spacial score (nSPS) is 15.0. The molecule has 0 saturated carbocycles. The zero-order valence-electron chi connectivity index (χ0n) is 18.6. The van der Waals surface area contributed by atoms with Crippen LogP contribution in [0, 0.1) is 0 Å². The summed E-state index contributed by atoms with van der Waals surface area (Å²) in [5.74, 6) is 0.783. The highest BCUT2D eigenvalue weighted by molar-refractivity contribution is 5.92. The number of ether oxygens (including phenoxy) is 2. The van der Waals surface area contributed by atoms with Crippen LogP contribution in [0.2, 0.25) is 0 Å². The highest BCUT2D eigenvalue weighted by Gasteiger charge is 2.20. The van der Waals surface area contributed by atoms with E-state index in [0.29, 0.717) is 19.3 Å². The fourth-order valence-corrected chi connectivity index (χ4v) is 4.42. The van der Waals surface area contributed by atoms with Gasteiger partial charge in [-0.3, -0.25) is 4.40 Å². The summed E-state index contributed by atoms with van der Waals surface area (Å²) >= 11 is 0. The van der Waals surface area contributed by atoms with Crippen molar-refractivity contribution in [3.8, 4) is 17.1 Å². The molecule has 32 heavy (non-hydrogen) atoms. The van der Waals surface area contributed by atoms with Gasteiger partial charge in [-0.1, -0.05) is 18.2 Å². The number of anilines is 1. The van der Waals surface area contributed by atoms with E-state index in [1.807, 2.05) is 24.5 Å². The number of methoxy groups -OCH3 is 1. The van der Waals surface area contributed by atoms with Crippen LogP contribution in [0.3, 0.4) is 0 Å². The Kier molecular flexibility index (Phi) is 5.92. The van der Waals surface area contributed by atoms with Gasteiger partial charge in [0.15, 0.2) is 0 Å². The third-order valence-electron chi connectivity index (χ3n) is 6.25. The lowest BCUT2D eigenvalue weighted by Gasteiger charge is -2.33. The van der Waals surface area contributed by atoms with Crippen LogP contribution in [-0.4, -0.2) is 60.9 Å². The number of aromatic nitrogens is 3. The molecule has 1 fully saturated rings. The van der Waals surface area contributed by atoms with Crippen LogP contribution in [0.15, 0.2) is 54.9 Å². The summed E-state index contributed by atoms with van der Waals surface area (Å²) in [6.45, 7) is 3.15. The number of benzene rings is 1. The minimum absolute atomic E-state index is 0.515. The van der Waals surface area contributed by atoms with Crippen molar-refractivity contribution in [2.75, 3.05) is 45.4 Å². The Morgan fingerprint density at radius 2 is 1.97 bits per heavy atom. The van der Waals surface area contributed by atoms with Gasteiger partial charge in [-0.15, -0.1) is 0 Å². The number of nitrogens with one attached hydrogen (secondary N) is 1. The van der Waals surface area contributed by atoms with Crippen LogP contribution in [0.4, 0.5) is 5.69 Å². The summed E-state index contributed by atoms with van der Waals surface area (Å²) < 4.78 is 12.8. The molecule has 1 aliphatic rings. The van der Waals surface area contributed by atoms with E-state index in [1.165, 1.54) is 5.69 Å². The summed E-state index contributed by atoms with van der Waals surface area (Å²) in [6, 6.07) is 15.2. The second kappa shape index (κ2) is 9.14. The lowest BCUT2D eigenvalue weighted by atomic mass is 10.0. The van der Waals surface area contributed by atoms with Gasteiger partial charge >= 0.3 is 0 Å². The zero-order chi connectivity index (χ0) is 21.9. The number of para-hydroxylation sites is 1. The first-order valence-electron chi connectivity index (χ1n) is 11.2. The molecule has 3 aromatic heterocycles. The van der Waals surface area contributed by atoms with E-state index in [9.17, 15) is 0 Å². The Morgan fingerprint density at radius 1 is 1.09 bits per heavy atom. The predicted molar refractivity (Wildman–Crippen MR) is 128 cm³/mol. The third kappa shape index (κ3) is 4.01. The molecule has 0 amide bonds. The second-order valence-corrected chi connectivity index (χ2v) is 8.17. The number of nitrogens with zero attached hydrogens (tertiary/aromatic N) is 4. The lowest BCUT2D eigenvalue weighted by Crippen LogP contribution is -2.41. The molecule has 7 heteroatoms. The van der Waals surface area contributed by atoms with Gasteiger partial charge in [0.1, 0.15) is 18.0 Å². The Morgan fingerprint density at radius 3 is 2.78 bits per heavy atom. The van der Waals surface area contributed by atoms with Gasteiger partial charge in [0.25, 0.3) is 0 Å². The molecule has 0 bridgehead atoms. The van der Waals surface area contributed by atoms with Crippen molar-refractivity contribution in [3.63, 3.8) is 0 Å². The fourth-order valence-electron chi connectivity index (χ4n) is 4.42. The molecule has 7 nitrogen and oxygen atoms in total. The Hall–Kier alpha value is -3.16. The average molecular weight is 432 g/mol. The number of hydrogen-bond acceptors (Lipinski definition) is 6. The lowest BCUT2D eigenvalue weighted by molar-refractivity contribution is 0.146. The maximum Gasteiger partial charge on any atom is 0.140 e. The van der Waals surface area contributed by atoms with Crippen LogP contribution in [0.5, 0.6) is 5.75 Å². The van der Waals surface area contributed by atoms with Crippen LogP contribution in [0.25, 0.3) is 27.9 Å². The van der Waals surface area contributed by atoms with Crippen LogP contribution in [-0.2, 0) is 4.74 Å². The summed E-state index contributed by atoms with van der Waals surface area (Å²) in [4.78, 5) is 12.2. The first-order valence-corrected chi connectivity index (χ1v) is 11.2. The standard InChI is InChI=1S/C25H29N5O2/c1-26-19-8-11-29(12-9-19)22-5-3-4-18-6-7-21(28-25(18)22)23-17-27-24-16-20(10-13-30(23)24)32-15-14-31-2/h3-7,10,13,16-17,19,26H,8-9,11-12,14-15H2,1-2H3. The SMILES string of the molecule is CNC1CCN(c2cccc3ccc(-c4cnc5cc(OCCOC)ccn45)nc23)CC1. The monoisotopic (exact) mass is 431 g/mol. The third-order valence-corrected chi connectivity index (χ3v) is 6.25. The molecule has 1 N–H and O–H groups in total. The van der Waals surface area contributed by atoms with Crippen molar-refractivity contribution in [1.29, 1.82) is 0 Å². The Bertz CT molecular complexity index is 1210. The number of fused-ring (bicyclic) bond motifs is 2. The maximum atomic E-state index is 5.72. The van der Waals surface area contributed by atoms with E-state index in [2.05, 4.69) is 57.0 Å². The van der Waals surface area contributed by atoms with E-state index in [-0.39, 0.29) is 0 Å². The molecule has 0 spiro atoms. The molecular weight excluding hydrogens is 402 g/mol. The molecule has 166 valence electrons. The molecule has 0 atom stereocenters. The summed E-state index contributed by atoms with van der Waals surface area (Å²) in [5, 5.41) is 4.57. The molecule has 0 radical (unpaired) electrons. The molecular formula is C25H29N5O2. The van der Waals surface area contributed by atoms with Gasteiger partial charge in [0.2, 0.25) is 0 Å². The highest BCUT2D eigenvalue weighted by Crippen LogP contribution is 2.30. The smallest absolute Gasteiger partial charge is 0.140 e. The van der Waals surface area contributed by atoms with Crippen molar-refractivity contribution >= 4 is 22.2 Å². The molecule has 5 rings (SSSR count). The first-order chi connectivity index (χ1) is 15.8. The number of rotatable bonds is 7. The van der Waals surface area contributed by atoms with Crippen molar-refractivity contribution in [2.24, 2.45) is 0 Å². The van der Waals surface area contributed by atoms with E-state index in [0.717, 1.165) is 59.6 Å². The maximum absolute atomic E-state index is 5.72. The van der Waals surface area contributed by atoms with E-state index < -0.39 is 0 Å². The summed E-state index contributed by atoms with van der Waals surface area (Å²) in [7, 11) is 3.72. The highest BCUT2D eigenvalue weighted by atomic mass is 16.5. The van der Waals surface area contributed by atoms with Gasteiger partial charge < -0.3 is 19.7 Å². The first kappa shape index (κ1) is 20.7. The van der Waals surface area contributed by atoms with E-state index >= 15 is 0 Å². The largest absolute Gasteiger partial charge is 0.491 e. The zero-order valence-corrected chi connectivity index (χ0v) is 18.6. The second-order valence-electron chi connectivity index (χ2n) is 8.17. The van der Waals surface area contributed by atoms with Crippen molar-refractivity contribution in [2.45, 2.75) is 18.9 Å². The molecule has 1 aromatic carbocycles. The topological polar surface area (TPSA) is 63.9 Å². The van der Waals surface area contributed by atoms with Crippen LogP contribution < -0.4 is 15.0 Å². The number of piperidine rings is 1. The van der Waals surface area contributed by atoms with Crippen molar-refractivity contribution in [3.05, 3.63) is 54.9 Å². The minimum Gasteiger partial charge on any atom is -0.491 e. The number of pyridine rings is 2. The van der Waals surface area contributed by atoms with Crippen LogP contribution >= 0.6 is 0 Å². The van der Waals surface area contributed by atoms with E-state index in [4.69, 9.17) is 14.5 Å². The minimum atomic E-state index is 0.515. The predicted octanol–water partition coefficient (Wildman–Crippen LogP) is 3.76. The molecule has 0 unspecified atom stereocenters. The average Bonchev–Trinajstić information content (AvgIpc) is 3.27. The quantitative estimate of drug-likeness (QED) is 0.450. The molecule has 1 aliphatic heterocycles. The summed E-state index contributed by atoms with van der Waals surface area (Å²) in [5.41, 5.74) is 4.97. The summed E-state index contributed by atoms with van der Waals surface area (Å²) in [6.07, 6.45) is 6.16. The van der Waals surface area contributed by atoms with Crippen molar-refractivity contribution < 1.29 is 9.47 Å². The number of hydrogen-bond donors (Lipinski definition) is 1. The van der Waals surface area contributed by atoms with Crippen molar-refractivity contribution in [1.82, 2.24) is 19.7 Å². The Labute approximate surface area is 188 Å². The fraction of sp³-hybridized carbons (Fsp3) is 0.360. The van der Waals surface area contributed by atoms with Gasteiger partial charge in [-0.2, -0.15) is 0 Å². The van der Waals surface area contributed by atoms with Crippen LogP contribution in [0.1, 0.15) is 12.8 Å². The molecule has 4 heterocycles. The van der Waals surface area contributed by atoms with Gasteiger partial charge in [0.05, 0.1) is 35.4 Å². The van der Waals surface area contributed by atoms with Gasteiger partial charge in [0, 0.05) is 43.9 Å². The Balaban J connectivity index is 1.47. The molecule has 0 aliphatic carbocycles.